The molecule has 1 aromatic rings. The monoisotopic (exact) mass is 251 g/mol. The molecule has 1 amide bonds. The Hall–Kier alpha value is -1.36. The summed E-state index contributed by atoms with van der Waals surface area (Å²) in [5.41, 5.74) is 1.000. The van der Waals surface area contributed by atoms with Gasteiger partial charge in [0, 0.05) is 12.5 Å². The molecule has 1 aliphatic heterocycles. The number of benzene rings is 1. The number of nitrogens with zero attached hydrogens (tertiary/aromatic N) is 1. The van der Waals surface area contributed by atoms with Crippen molar-refractivity contribution >= 4 is 15.9 Å². The number of amides is 1. The fourth-order valence-electron chi connectivity index (χ4n) is 2.29. The van der Waals surface area contributed by atoms with Gasteiger partial charge in [0.05, 0.1) is 4.90 Å². The van der Waals surface area contributed by atoms with Crippen molar-refractivity contribution in [3.63, 3.8) is 0 Å². The number of sulfonamides is 1. The van der Waals surface area contributed by atoms with Crippen molar-refractivity contribution in [2.45, 2.75) is 18.2 Å². The van der Waals surface area contributed by atoms with Crippen LogP contribution in [0.25, 0.3) is 0 Å². The van der Waals surface area contributed by atoms with Crippen LogP contribution in [0.4, 0.5) is 0 Å². The van der Waals surface area contributed by atoms with E-state index in [4.69, 9.17) is 0 Å². The first kappa shape index (κ1) is 10.8. The van der Waals surface area contributed by atoms with Gasteiger partial charge in [-0.15, -0.1) is 0 Å². The highest BCUT2D eigenvalue weighted by Gasteiger charge is 2.55. The molecule has 17 heavy (non-hydrogen) atoms. The standard InChI is InChI=1S/C12H13NO3S/c1-8-2-4-10(5-3-8)17(15,16)13-7-9-6-11(9)12(13)14/h2-5,9,11H,6-7H2,1H3/t9-,11+/m0/s1. The fourth-order valence-corrected chi connectivity index (χ4v) is 3.79. The summed E-state index contributed by atoms with van der Waals surface area (Å²) in [5, 5.41) is 0. The van der Waals surface area contributed by atoms with Crippen molar-refractivity contribution in [3.05, 3.63) is 29.8 Å². The zero-order valence-corrected chi connectivity index (χ0v) is 10.3. The molecular formula is C12H13NO3S. The first-order valence-corrected chi connectivity index (χ1v) is 7.07. The van der Waals surface area contributed by atoms with Gasteiger partial charge in [-0.3, -0.25) is 4.79 Å². The molecule has 90 valence electrons. The van der Waals surface area contributed by atoms with Crippen molar-refractivity contribution in [2.24, 2.45) is 11.8 Å². The molecule has 5 heteroatoms. The lowest BCUT2D eigenvalue weighted by Gasteiger charge is -2.18. The van der Waals surface area contributed by atoms with Crippen molar-refractivity contribution in [2.75, 3.05) is 6.54 Å². The molecule has 3 rings (SSSR count). The summed E-state index contributed by atoms with van der Waals surface area (Å²) >= 11 is 0. The Morgan fingerprint density at radius 1 is 1.24 bits per heavy atom. The molecule has 0 N–H and O–H groups in total. The van der Waals surface area contributed by atoms with Gasteiger partial charge in [0.25, 0.3) is 10.0 Å². The van der Waals surface area contributed by atoms with Gasteiger partial charge in [0.1, 0.15) is 0 Å². The predicted octanol–water partition coefficient (Wildman–Crippen LogP) is 1.16. The van der Waals surface area contributed by atoms with Crippen LogP contribution in [0, 0.1) is 18.8 Å². The summed E-state index contributed by atoms with van der Waals surface area (Å²) in [5.74, 6) is 0.00789. The minimum atomic E-state index is -3.62. The van der Waals surface area contributed by atoms with Gasteiger partial charge in [0.2, 0.25) is 5.91 Å². The molecular weight excluding hydrogens is 238 g/mol. The topological polar surface area (TPSA) is 54.5 Å². The Balaban J connectivity index is 1.96. The Labute approximate surface area is 100 Å². The Bertz CT molecular complexity index is 576. The fraction of sp³-hybridized carbons (Fsp3) is 0.417. The van der Waals surface area contributed by atoms with Crippen LogP contribution in [0.1, 0.15) is 12.0 Å². The van der Waals surface area contributed by atoms with Crippen LogP contribution in [-0.2, 0) is 14.8 Å². The Morgan fingerprint density at radius 2 is 1.88 bits per heavy atom. The predicted molar refractivity (Wildman–Crippen MR) is 61.7 cm³/mol. The average molecular weight is 251 g/mol. The average Bonchev–Trinajstić information content (AvgIpc) is 2.98. The summed E-state index contributed by atoms with van der Waals surface area (Å²) in [6.45, 7) is 2.26. The molecule has 4 nitrogen and oxygen atoms in total. The van der Waals surface area contributed by atoms with E-state index in [0.29, 0.717) is 6.54 Å². The Kier molecular flexibility index (Phi) is 2.10. The molecule has 2 aliphatic rings. The molecule has 0 bridgehead atoms. The van der Waals surface area contributed by atoms with E-state index in [1.54, 1.807) is 24.3 Å². The van der Waals surface area contributed by atoms with E-state index in [1.165, 1.54) is 0 Å². The van der Waals surface area contributed by atoms with Gasteiger partial charge in [-0.2, -0.15) is 0 Å². The largest absolute Gasteiger partial charge is 0.273 e. The van der Waals surface area contributed by atoms with Gasteiger partial charge in [-0.1, -0.05) is 17.7 Å². The minimum absolute atomic E-state index is 0.0322. The van der Waals surface area contributed by atoms with Crippen LogP contribution < -0.4 is 0 Å². The molecule has 1 heterocycles. The van der Waals surface area contributed by atoms with Crippen LogP contribution in [0.3, 0.4) is 0 Å². The second-order valence-electron chi connectivity index (χ2n) is 4.79. The van der Waals surface area contributed by atoms with E-state index in [0.717, 1.165) is 16.3 Å². The number of hydrogen-bond donors (Lipinski definition) is 0. The molecule has 0 spiro atoms. The molecule has 1 aliphatic carbocycles. The molecule has 1 aromatic carbocycles. The number of carbonyl (C=O) groups is 1. The molecule has 0 aromatic heterocycles. The maximum absolute atomic E-state index is 12.2. The van der Waals surface area contributed by atoms with Gasteiger partial charge < -0.3 is 0 Å². The van der Waals surface area contributed by atoms with Crippen LogP contribution in [0.2, 0.25) is 0 Å². The molecule has 2 fully saturated rings. The smallest absolute Gasteiger partial charge is 0.266 e. The number of aryl methyl sites for hydroxylation is 1. The number of piperidine rings is 1. The van der Waals surface area contributed by atoms with Crippen LogP contribution in [0.5, 0.6) is 0 Å². The SMILES string of the molecule is Cc1ccc(S(=O)(=O)N2C[C@@H]3C[C@H]3C2=O)cc1. The Morgan fingerprint density at radius 3 is 2.41 bits per heavy atom. The first-order chi connectivity index (χ1) is 8.00. The molecule has 1 saturated heterocycles. The van der Waals surface area contributed by atoms with E-state index >= 15 is 0 Å². The van der Waals surface area contributed by atoms with Gasteiger partial charge in [-0.05, 0) is 31.4 Å². The number of carbonyl (C=O) groups excluding carboxylic acids is 1. The maximum atomic E-state index is 12.2. The summed E-state index contributed by atoms with van der Waals surface area (Å²) in [4.78, 5) is 12.0. The van der Waals surface area contributed by atoms with E-state index in [-0.39, 0.29) is 22.6 Å². The van der Waals surface area contributed by atoms with Crippen molar-refractivity contribution in [1.82, 2.24) is 4.31 Å². The summed E-state index contributed by atoms with van der Waals surface area (Å²) in [7, 11) is -3.62. The second kappa shape index (κ2) is 3.32. The van der Waals surface area contributed by atoms with Crippen LogP contribution in [0.15, 0.2) is 29.2 Å². The van der Waals surface area contributed by atoms with Crippen molar-refractivity contribution in [1.29, 1.82) is 0 Å². The van der Waals surface area contributed by atoms with Gasteiger partial charge in [-0.25, -0.2) is 12.7 Å². The van der Waals surface area contributed by atoms with Crippen LogP contribution >= 0.6 is 0 Å². The lowest BCUT2D eigenvalue weighted by molar-refractivity contribution is -0.125. The highest BCUT2D eigenvalue weighted by Crippen LogP contribution is 2.47. The third-order valence-corrected chi connectivity index (χ3v) is 5.27. The number of rotatable bonds is 2. The summed E-state index contributed by atoms with van der Waals surface area (Å²) in [6, 6.07) is 6.60. The highest BCUT2D eigenvalue weighted by molar-refractivity contribution is 7.89. The lowest BCUT2D eigenvalue weighted by atomic mass is 10.2. The maximum Gasteiger partial charge on any atom is 0.266 e. The second-order valence-corrected chi connectivity index (χ2v) is 6.65. The normalized spacial score (nSPS) is 27.1. The zero-order valence-electron chi connectivity index (χ0n) is 9.46. The lowest BCUT2D eigenvalue weighted by Crippen LogP contribution is -2.34. The van der Waals surface area contributed by atoms with Crippen LogP contribution in [-0.4, -0.2) is 25.2 Å². The van der Waals surface area contributed by atoms with Crippen molar-refractivity contribution in [3.8, 4) is 0 Å². The van der Waals surface area contributed by atoms with Crippen molar-refractivity contribution < 1.29 is 13.2 Å². The number of fused-ring (bicyclic) bond motifs is 1. The molecule has 0 radical (unpaired) electrons. The molecule has 2 atom stereocenters. The minimum Gasteiger partial charge on any atom is -0.273 e. The first-order valence-electron chi connectivity index (χ1n) is 5.63. The third kappa shape index (κ3) is 1.57. The van der Waals surface area contributed by atoms with Gasteiger partial charge in [0.15, 0.2) is 0 Å². The van der Waals surface area contributed by atoms with E-state index < -0.39 is 10.0 Å². The van der Waals surface area contributed by atoms with E-state index in [9.17, 15) is 13.2 Å². The third-order valence-electron chi connectivity index (χ3n) is 3.49. The molecule has 0 unspecified atom stereocenters. The van der Waals surface area contributed by atoms with E-state index in [2.05, 4.69) is 0 Å². The van der Waals surface area contributed by atoms with Gasteiger partial charge >= 0.3 is 0 Å². The van der Waals surface area contributed by atoms with E-state index in [1.807, 2.05) is 6.92 Å². The molecule has 1 saturated carbocycles. The zero-order chi connectivity index (χ0) is 12.2. The number of hydrogen-bond acceptors (Lipinski definition) is 3. The summed E-state index contributed by atoms with van der Waals surface area (Å²) < 4.78 is 25.5. The highest BCUT2D eigenvalue weighted by atomic mass is 32.2. The quantitative estimate of drug-likeness (QED) is 0.792. The summed E-state index contributed by atoms with van der Waals surface area (Å²) in [6.07, 6.45) is 0.860.